The molecule has 0 aromatic carbocycles. The Hall–Kier alpha value is -0.0500. The minimum absolute atomic E-state index is 0.305. The molecule has 0 aromatic heterocycles. The number of carbonyl (C=O) groups is 1. The van der Waals surface area contributed by atoms with Gasteiger partial charge in [0, 0.05) is 23.8 Å². The van der Waals surface area contributed by atoms with Crippen molar-refractivity contribution >= 4 is 21.8 Å². The SMILES string of the molecule is CC(C)(C)C1CCC(C(=O)N(CCCBr)C2CCC2)CC1. The van der Waals surface area contributed by atoms with Crippen LogP contribution in [0.4, 0.5) is 0 Å². The summed E-state index contributed by atoms with van der Waals surface area (Å²) in [6.07, 6.45) is 9.53. The Morgan fingerprint density at radius 3 is 2.14 bits per heavy atom. The van der Waals surface area contributed by atoms with Gasteiger partial charge in [-0.05, 0) is 62.7 Å². The van der Waals surface area contributed by atoms with Crippen LogP contribution in [0.15, 0.2) is 0 Å². The lowest BCUT2D eigenvalue weighted by Gasteiger charge is -2.42. The van der Waals surface area contributed by atoms with E-state index in [4.69, 9.17) is 0 Å². The number of amides is 1. The topological polar surface area (TPSA) is 20.3 Å². The summed E-state index contributed by atoms with van der Waals surface area (Å²) in [7, 11) is 0. The molecular weight excluding hydrogens is 326 g/mol. The third-order valence-electron chi connectivity index (χ3n) is 5.63. The van der Waals surface area contributed by atoms with Crippen LogP contribution >= 0.6 is 15.9 Å². The lowest BCUT2D eigenvalue weighted by Crippen LogP contribution is -2.48. The molecule has 0 N–H and O–H groups in total. The van der Waals surface area contributed by atoms with Crippen LogP contribution in [-0.4, -0.2) is 28.7 Å². The minimum atomic E-state index is 0.305. The Bertz CT molecular complexity index is 338. The largest absolute Gasteiger partial charge is 0.339 e. The van der Waals surface area contributed by atoms with Crippen molar-refractivity contribution in [1.82, 2.24) is 4.90 Å². The number of carbonyl (C=O) groups excluding carboxylic acids is 1. The molecule has 3 heteroatoms. The van der Waals surface area contributed by atoms with Crippen molar-refractivity contribution in [3.63, 3.8) is 0 Å². The summed E-state index contributed by atoms with van der Waals surface area (Å²) in [4.78, 5) is 15.1. The maximum absolute atomic E-state index is 12.9. The van der Waals surface area contributed by atoms with E-state index in [9.17, 15) is 4.79 Å². The van der Waals surface area contributed by atoms with E-state index in [1.54, 1.807) is 0 Å². The van der Waals surface area contributed by atoms with E-state index >= 15 is 0 Å². The summed E-state index contributed by atoms with van der Waals surface area (Å²) in [5, 5.41) is 1.00. The molecular formula is C18H32BrNO. The number of hydrogen-bond acceptors (Lipinski definition) is 1. The Labute approximate surface area is 139 Å². The fourth-order valence-electron chi connectivity index (χ4n) is 3.84. The summed E-state index contributed by atoms with van der Waals surface area (Å²) >= 11 is 3.50. The molecule has 2 saturated carbocycles. The van der Waals surface area contributed by atoms with Crippen molar-refractivity contribution in [3.8, 4) is 0 Å². The highest BCUT2D eigenvalue weighted by molar-refractivity contribution is 9.09. The summed E-state index contributed by atoms with van der Waals surface area (Å²) in [6.45, 7) is 7.98. The highest BCUT2D eigenvalue weighted by Gasteiger charge is 2.36. The smallest absolute Gasteiger partial charge is 0.225 e. The van der Waals surface area contributed by atoms with Gasteiger partial charge in [0.2, 0.25) is 5.91 Å². The van der Waals surface area contributed by atoms with E-state index in [0.29, 0.717) is 23.3 Å². The van der Waals surface area contributed by atoms with Crippen LogP contribution in [0.1, 0.15) is 72.1 Å². The van der Waals surface area contributed by atoms with E-state index in [2.05, 4.69) is 41.6 Å². The fraction of sp³-hybridized carbons (Fsp3) is 0.944. The second kappa shape index (κ2) is 7.48. The van der Waals surface area contributed by atoms with Crippen molar-refractivity contribution in [2.75, 3.05) is 11.9 Å². The highest BCUT2D eigenvalue weighted by atomic mass is 79.9. The normalized spacial score (nSPS) is 27.2. The third-order valence-corrected chi connectivity index (χ3v) is 6.19. The van der Waals surface area contributed by atoms with E-state index < -0.39 is 0 Å². The molecule has 122 valence electrons. The average molecular weight is 358 g/mol. The standard InChI is InChI=1S/C18H32BrNO/c1-18(2,3)15-10-8-14(9-11-15)17(21)20(13-5-12-19)16-6-4-7-16/h14-16H,4-13H2,1-3H3. The summed E-state index contributed by atoms with van der Waals surface area (Å²) in [6, 6.07) is 0.553. The van der Waals surface area contributed by atoms with Gasteiger partial charge in [-0.3, -0.25) is 4.79 Å². The Morgan fingerprint density at radius 1 is 1.10 bits per heavy atom. The zero-order valence-corrected chi connectivity index (χ0v) is 15.6. The van der Waals surface area contributed by atoms with Crippen LogP contribution in [0.5, 0.6) is 0 Å². The Morgan fingerprint density at radius 2 is 1.71 bits per heavy atom. The van der Waals surface area contributed by atoms with Gasteiger partial charge >= 0.3 is 0 Å². The zero-order chi connectivity index (χ0) is 15.5. The molecule has 0 heterocycles. The average Bonchev–Trinajstić information content (AvgIpc) is 2.39. The predicted octanol–water partition coefficient (Wildman–Crippen LogP) is 5.01. The molecule has 0 aromatic rings. The molecule has 0 unspecified atom stereocenters. The molecule has 0 bridgehead atoms. The molecule has 21 heavy (non-hydrogen) atoms. The quantitative estimate of drug-likeness (QED) is 0.633. The number of alkyl halides is 1. The fourth-order valence-corrected chi connectivity index (χ4v) is 4.09. The Balaban J connectivity index is 1.89. The van der Waals surface area contributed by atoms with Crippen LogP contribution in [0.25, 0.3) is 0 Å². The third kappa shape index (κ3) is 4.46. The first-order valence-electron chi connectivity index (χ1n) is 8.80. The maximum atomic E-state index is 12.9. The number of nitrogens with zero attached hydrogens (tertiary/aromatic N) is 1. The first-order chi connectivity index (χ1) is 9.93. The number of rotatable bonds is 5. The summed E-state index contributed by atoms with van der Waals surface area (Å²) in [5.41, 5.74) is 0.400. The maximum Gasteiger partial charge on any atom is 0.225 e. The van der Waals surface area contributed by atoms with Gasteiger partial charge in [-0.25, -0.2) is 0 Å². The van der Waals surface area contributed by atoms with E-state index in [1.807, 2.05) is 0 Å². The van der Waals surface area contributed by atoms with Gasteiger partial charge < -0.3 is 4.90 Å². The molecule has 2 fully saturated rings. The molecule has 2 rings (SSSR count). The van der Waals surface area contributed by atoms with Gasteiger partial charge in [0.15, 0.2) is 0 Å². The second-order valence-electron chi connectivity index (χ2n) is 8.07. The van der Waals surface area contributed by atoms with Gasteiger partial charge in [-0.2, -0.15) is 0 Å². The van der Waals surface area contributed by atoms with Gasteiger partial charge in [0.05, 0.1) is 0 Å². The molecule has 0 spiro atoms. The van der Waals surface area contributed by atoms with Crippen LogP contribution < -0.4 is 0 Å². The van der Waals surface area contributed by atoms with Crippen LogP contribution in [0, 0.1) is 17.3 Å². The second-order valence-corrected chi connectivity index (χ2v) is 8.87. The first-order valence-corrected chi connectivity index (χ1v) is 9.92. The first kappa shape index (κ1) is 17.3. The van der Waals surface area contributed by atoms with Crippen molar-refractivity contribution in [2.45, 2.75) is 78.2 Å². The monoisotopic (exact) mass is 357 g/mol. The van der Waals surface area contributed by atoms with Crippen molar-refractivity contribution < 1.29 is 4.79 Å². The van der Waals surface area contributed by atoms with Crippen molar-refractivity contribution in [3.05, 3.63) is 0 Å². The van der Waals surface area contributed by atoms with Gasteiger partial charge in [-0.15, -0.1) is 0 Å². The van der Waals surface area contributed by atoms with Crippen molar-refractivity contribution in [1.29, 1.82) is 0 Å². The zero-order valence-electron chi connectivity index (χ0n) is 14.0. The lowest BCUT2D eigenvalue weighted by atomic mass is 9.69. The summed E-state index contributed by atoms with van der Waals surface area (Å²) in [5.74, 6) is 1.56. The predicted molar refractivity (Wildman–Crippen MR) is 92.7 cm³/mol. The molecule has 0 saturated heterocycles. The van der Waals surface area contributed by atoms with Crippen molar-refractivity contribution in [2.24, 2.45) is 17.3 Å². The van der Waals surface area contributed by atoms with E-state index in [0.717, 1.165) is 37.1 Å². The molecule has 2 aliphatic rings. The van der Waals surface area contributed by atoms with E-state index in [1.165, 1.54) is 32.1 Å². The molecule has 2 nitrogen and oxygen atoms in total. The van der Waals surface area contributed by atoms with Gasteiger partial charge in [0.1, 0.15) is 0 Å². The summed E-state index contributed by atoms with van der Waals surface area (Å²) < 4.78 is 0. The molecule has 0 atom stereocenters. The number of halogens is 1. The minimum Gasteiger partial charge on any atom is -0.339 e. The molecule has 2 aliphatic carbocycles. The van der Waals surface area contributed by atoms with Crippen LogP contribution in [0.2, 0.25) is 0 Å². The van der Waals surface area contributed by atoms with Crippen LogP contribution in [0.3, 0.4) is 0 Å². The van der Waals surface area contributed by atoms with E-state index in [-0.39, 0.29) is 0 Å². The highest BCUT2D eigenvalue weighted by Crippen LogP contribution is 2.40. The van der Waals surface area contributed by atoms with Crippen LogP contribution in [-0.2, 0) is 4.79 Å². The number of hydrogen-bond donors (Lipinski definition) is 0. The van der Waals surface area contributed by atoms with Gasteiger partial charge in [0.25, 0.3) is 0 Å². The lowest BCUT2D eigenvalue weighted by molar-refractivity contribution is -0.141. The molecule has 0 radical (unpaired) electrons. The van der Waals surface area contributed by atoms with Gasteiger partial charge in [-0.1, -0.05) is 36.7 Å². The molecule has 1 amide bonds. The Kier molecular flexibility index (Phi) is 6.16. The molecule has 0 aliphatic heterocycles.